The average Bonchev–Trinajstić information content (AvgIpc) is 2.68. The molecule has 0 aliphatic carbocycles. The molecule has 15 heavy (non-hydrogen) atoms. The molecule has 3 nitrogen and oxygen atoms in total. The number of aromatic nitrogens is 1. The van der Waals surface area contributed by atoms with Gasteiger partial charge in [-0.1, -0.05) is 0 Å². The second-order valence-electron chi connectivity index (χ2n) is 4.39. The van der Waals surface area contributed by atoms with E-state index >= 15 is 0 Å². The van der Waals surface area contributed by atoms with Crippen molar-refractivity contribution in [2.24, 2.45) is 5.73 Å². The van der Waals surface area contributed by atoms with Crippen LogP contribution in [0.25, 0.3) is 0 Å². The molecule has 2 unspecified atom stereocenters. The predicted octanol–water partition coefficient (Wildman–Crippen LogP) is 2.58. The Kier molecular flexibility index (Phi) is 3.09. The Morgan fingerprint density at radius 3 is 2.93 bits per heavy atom. The van der Waals surface area contributed by atoms with Gasteiger partial charge in [-0.2, -0.15) is 0 Å². The summed E-state index contributed by atoms with van der Waals surface area (Å²) in [7, 11) is 0. The van der Waals surface area contributed by atoms with E-state index in [2.05, 4.69) is 11.9 Å². The first kappa shape index (κ1) is 11.0. The summed E-state index contributed by atoms with van der Waals surface area (Å²) < 4.78 is 5.85. The van der Waals surface area contributed by atoms with E-state index in [1.807, 2.05) is 13.1 Å². The number of hydrogen-bond acceptors (Lipinski definition) is 4. The molecule has 84 valence electrons. The molecule has 1 saturated heterocycles. The van der Waals surface area contributed by atoms with Crippen LogP contribution in [0.3, 0.4) is 0 Å². The van der Waals surface area contributed by atoms with Crippen molar-refractivity contribution < 1.29 is 4.74 Å². The van der Waals surface area contributed by atoms with Crippen molar-refractivity contribution >= 4 is 11.3 Å². The molecule has 2 heterocycles. The van der Waals surface area contributed by atoms with Gasteiger partial charge in [0.25, 0.3) is 0 Å². The molecule has 1 aromatic heterocycles. The van der Waals surface area contributed by atoms with E-state index in [0.29, 0.717) is 0 Å². The number of nitrogens with two attached hydrogens (primary N) is 1. The zero-order valence-corrected chi connectivity index (χ0v) is 10.1. The Hall–Kier alpha value is -0.450. The van der Waals surface area contributed by atoms with Gasteiger partial charge in [0.05, 0.1) is 0 Å². The van der Waals surface area contributed by atoms with Crippen molar-refractivity contribution in [3.05, 3.63) is 16.1 Å². The van der Waals surface area contributed by atoms with Gasteiger partial charge < -0.3 is 10.5 Å². The molecule has 1 aromatic rings. The van der Waals surface area contributed by atoms with Crippen LogP contribution in [0.15, 0.2) is 6.20 Å². The SMILES string of the molecule is CC(N)c1cnc(C2(C)CCCCO2)s1. The van der Waals surface area contributed by atoms with Crippen LogP contribution in [0.1, 0.15) is 49.0 Å². The second kappa shape index (κ2) is 4.20. The van der Waals surface area contributed by atoms with E-state index < -0.39 is 0 Å². The van der Waals surface area contributed by atoms with Crippen molar-refractivity contribution in [3.8, 4) is 0 Å². The lowest BCUT2D eigenvalue weighted by Gasteiger charge is -2.31. The zero-order chi connectivity index (χ0) is 10.9. The van der Waals surface area contributed by atoms with E-state index in [-0.39, 0.29) is 11.6 Å². The Balaban J connectivity index is 2.20. The van der Waals surface area contributed by atoms with Crippen LogP contribution in [-0.2, 0) is 10.3 Å². The normalized spacial score (nSPS) is 29.0. The highest BCUT2D eigenvalue weighted by molar-refractivity contribution is 7.11. The number of ether oxygens (including phenoxy) is 1. The van der Waals surface area contributed by atoms with Gasteiger partial charge in [0, 0.05) is 23.7 Å². The number of hydrogen-bond donors (Lipinski definition) is 1. The fourth-order valence-electron chi connectivity index (χ4n) is 1.84. The van der Waals surface area contributed by atoms with Crippen molar-refractivity contribution in [1.82, 2.24) is 4.98 Å². The highest BCUT2D eigenvalue weighted by atomic mass is 32.1. The Morgan fingerprint density at radius 1 is 1.60 bits per heavy atom. The van der Waals surface area contributed by atoms with Crippen LogP contribution < -0.4 is 5.73 Å². The molecule has 0 saturated carbocycles. The molecule has 2 atom stereocenters. The summed E-state index contributed by atoms with van der Waals surface area (Å²) in [6, 6.07) is 0.0726. The maximum absolute atomic E-state index is 5.85. The lowest BCUT2D eigenvalue weighted by Crippen LogP contribution is -2.29. The third-order valence-corrected chi connectivity index (χ3v) is 4.34. The molecule has 0 radical (unpaired) electrons. The minimum atomic E-state index is -0.171. The van der Waals surface area contributed by atoms with Crippen LogP contribution in [0.4, 0.5) is 0 Å². The fourth-order valence-corrected chi connectivity index (χ4v) is 2.84. The average molecular weight is 226 g/mol. The van der Waals surface area contributed by atoms with Gasteiger partial charge in [-0.15, -0.1) is 11.3 Å². The van der Waals surface area contributed by atoms with E-state index in [9.17, 15) is 0 Å². The summed E-state index contributed by atoms with van der Waals surface area (Å²) in [6.45, 7) is 4.97. The van der Waals surface area contributed by atoms with E-state index in [1.54, 1.807) is 11.3 Å². The molecule has 0 bridgehead atoms. The molecule has 1 aliphatic heterocycles. The van der Waals surface area contributed by atoms with Gasteiger partial charge in [-0.3, -0.25) is 0 Å². The van der Waals surface area contributed by atoms with Crippen LogP contribution in [-0.4, -0.2) is 11.6 Å². The summed E-state index contributed by atoms with van der Waals surface area (Å²) in [4.78, 5) is 5.59. The van der Waals surface area contributed by atoms with Crippen LogP contribution in [0.5, 0.6) is 0 Å². The quantitative estimate of drug-likeness (QED) is 0.843. The van der Waals surface area contributed by atoms with Gasteiger partial charge in [-0.25, -0.2) is 4.98 Å². The first-order valence-electron chi connectivity index (χ1n) is 5.47. The standard InChI is InChI=1S/C11H18N2OS/c1-8(12)9-7-13-10(15-9)11(2)5-3-4-6-14-11/h7-8H,3-6,12H2,1-2H3. The van der Waals surface area contributed by atoms with Crippen LogP contribution >= 0.6 is 11.3 Å². The van der Waals surface area contributed by atoms with Gasteiger partial charge in [0.2, 0.25) is 0 Å². The molecule has 0 amide bonds. The minimum absolute atomic E-state index is 0.0726. The highest BCUT2D eigenvalue weighted by Gasteiger charge is 2.33. The Morgan fingerprint density at radius 2 is 2.40 bits per heavy atom. The molecule has 2 N–H and O–H groups in total. The van der Waals surface area contributed by atoms with E-state index in [1.165, 1.54) is 12.8 Å². The minimum Gasteiger partial charge on any atom is -0.368 e. The van der Waals surface area contributed by atoms with E-state index in [4.69, 9.17) is 10.5 Å². The van der Waals surface area contributed by atoms with Crippen LogP contribution in [0.2, 0.25) is 0 Å². The van der Waals surface area contributed by atoms with Crippen molar-refractivity contribution in [3.63, 3.8) is 0 Å². The topological polar surface area (TPSA) is 48.1 Å². The Labute approximate surface area is 94.7 Å². The number of thiazole rings is 1. The lowest BCUT2D eigenvalue weighted by molar-refractivity contribution is -0.0702. The molecular formula is C11H18N2OS. The van der Waals surface area contributed by atoms with Crippen molar-refractivity contribution in [2.75, 3.05) is 6.61 Å². The number of nitrogens with zero attached hydrogens (tertiary/aromatic N) is 1. The lowest BCUT2D eigenvalue weighted by atomic mass is 9.97. The molecule has 0 spiro atoms. The first-order chi connectivity index (χ1) is 7.12. The van der Waals surface area contributed by atoms with Crippen molar-refractivity contribution in [2.45, 2.75) is 44.8 Å². The number of rotatable bonds is 2. The molecule has 0 aromatic carbocycles. The second-order valence-corrected chi connectivity index (χ2v) is 5.46. The highest BCUT2D eigenvalue weighted by Crippen LogP contribution is 2.37. The molecule has 1 fully saturated rings. The van der Waals surface area contributed by atoms with Crippen molar-refractivity contribution in [1.29, 1.82) is 0 Å². The summed E-state index contributed by atoms with van der Waals surface area (Å²) in [5.74, 6) is 0. The van der Waals surface area contributed by atoms with Crippen LogP contribution in [0, 0.1) is 0 Å². The maximum atomic E-state index is 5.85. The summed E-state index contributed by atoms with van der Waals surface area (Å²) in [5.41, 5.74) is 5.66. The molecule has 1 aliphatic rings. The summed E-state index contributed by atoms with van der Waals surface area (Å²) in [6.07, 6.45) is 5.34. The maximum Gasteiger partial charge on any atom is 0.125 e. The Bertz CT molecular complexity index is 329. The third kappa shape index (κ3) is 2.22. The fraction of sp³-hybridized carbons (Fsp3) is 0.727. The summed E-state index contributed by atoms with van der Waals surface area (Å²) in [5, 5.41) is 1.08. The predicted molar refractivity (Wildman–Crippen MR) is 61.9 cm³/mol. The molecule has 4 heteroatoms. The van der Waals surface area contributed by atoms with Gasteiger partial charge >= 0.3 is 0 Å². The smallest absolute Gasteiger partial charge is 0.125 e. The third-order valence-electron chi connectivity index (χ3n) is 2.89. The van der Waals surface area contributed by atoms with Gasteiger partial charge in [-0.05, 0) is 33.1 Å². The van der Waals surface area contributed by atoms with Gasteiger partial charge in [0.1, 0.15) is 10.6 Å². The first-order valence-corrected chi connectivity index (χ1v) is 6.29. The van der Waals surface area contributed by atoms with Gasteiger partial charge in [0.15, 0.2) is 0 Å². The largest absolute Gasteiger partial charge is 0.368 e. The summed E-state index contributed by atoms with van der Waals surface area (Å²) >= 11 is 1.69. The molecular weight excluding hydrogens is 208 g/mol. The zero-order valence-electron chi connectivity index (χ0n) is 9.32. The monoisotopic (exact) mass is 226 g/mol. The van der Waals surface area contributed by atoms with E-state index in [0.717, 1.165) is 22.9 Å². The molecule has 2 rings (SSSR count).